The SMILES string of the molecule is CC(=O)N[C@@H]1[C@@H](OCCCl)O[C@@H](CO)[C@@H](O)[C@H]1O. The van der Waals surface area contributed by atoms with E-state index in [-0.39, 0.29) is 12.5 Å². The second-order valence-corrected chi connectivity index (χ2v) is 4.37. The first-order valence-electron chi connectivity index (χ1n) is 5.58. The number of aliphatic hydroxyl groups excluding tert-OH is 3. The average molecular weight is 284 g/mol. The number of aliphatic hydroxyl groups is 3. The molecule has 1 saturated heterocycles. The van der Waals surface area contributed by atoms with Gasteiger partial charge in [0, 0.05) is 12.8 Å². The summed E-state index contributed by atoms with van der Waals surface area (Å²) in [6, 6.07) is -0.913. The lowest BCUT2D eigenvalue weighted by Crippen LogP contribution is -2.64. The number of nitrogens with one attached hydrogen (secondary N) is 1. The topological polar surface area (TPSA) is 108 Å². The predicted molar refractivity (Wildman–Crippen MR) is 62.0 cm³/mol. The summed E-state index contributed by atoms with van der Waals surface area (Å²) in [6.45, 7) is 0.963. The van der Waals surface area contributed by atoms with Gasteiger partial charge in [-0.15, -0.1) is 11.6 Å². The summed E-state index contributed by atoms with van der Waals surface area (Å²) in [5.41, 5.74) is 0. The molecule has 1 aliphatic rings. The zero-order chi connectivity index (χ0) is 13.7. The Kier molecular flexibility index (Phi) is 6.27. The van der Waals surface area contributed by atoms with Crippen LogP contribution in [0.2, 0.25) is 0 Å². The monoisotopic (exact) mass is 283 g/mol. The Balaban J connectivity index is 2.76. The molecule has 1 rings (SSSR count). The fraction of sp³-hybridized carbons (Fsp3) is 0.900. The summed E-state index contributed by atoms with van der Waals surface area (Å²) in [4.78, 5) is 11.0. The lowest BCUT2D eigenvalue weighted by Gasteiger charge is -2.42. The van der Waals surface area contributed by atoms with Gasteiger partial charge in [-0.1, -0.05) is 0 Å². The van der Waals surface area contributed by atoms with Crippen LogP contribution in [0.15, 0.2) is 0 Å². The van der Waals surface area contributed by atoms with E-state index in [1.54, 1.807) is 0 Å². The molecule has 0 bridgehead atoms. The van der Waals surface area contributed by atoms with Gasteiger partial charge < -0.3 is 30.1 Å². The second-order valence-electron chi connectivity index (χ2n) is 3.99. The molecule has 0 unspecified atom stereocenters. The maximum Gasteiger partial charge on any atom is 0.217 e. The van der Waals surface area contributed by atoms with E-state index in [9.17, 15) is 15.0 Å². The van der Waals surface area contributed by atoms with Gasteiger partial charge in [0.05, 0.1) is 13.2 Å². The quantitative estimate of drug-likeness (QED) is 0.443. The number of hydrogen-bond acceptors (Lipinski definition) is 6. The van der Waals surface area contributed by atoms with Crippen LogP contribution in [0.3, 0.4) is 0 Å². The minimum Gasteiger partial charge on any atom is -0.394 e. The van der Waals surface area contributed by atoms with Crippen molar-refractivity contribution in [1.29, 1.82) is 0 Å². The number of rotatable bonds is 5. The van der Waals surface area contributed by atoms with Gasteiger partial charge in [-0.05, 0) is 0 Å². The van der Waals surface area contributed by atoms with Crippen LogP contribution in [0.4, 0.5) is 0 Å². The molecule has 0 radical (unpaired) electrons. The maximum absolute atomic E-state index is 11.0. The highest BCUT2D eigenvalue weighted by Gasteiger charge is 2.45. The highest BCUT2D eigenvalue weighted by atomic mass is 35.5. The lowest BCUT2D eigenvalue weighted by atomic mass is 9.97. The molecule has 1 amide bonds. The average Bonchev–Trinajstić information content (AvgIpc) is 2.33. The Morgan fingerprint density at radius 2 is 2.11 bits per heavy atom. The molecular formula is C10H18ClNO6. The Morgan fingerprint density at radius 3 is 2.61 bits per heavy atom. The number of hydrogen-bond donors (Lipinski definition) is 4. The van der Waals surface area contributed by atoms with Crippen molar-refractivity contribution in [1.82, 2.24) is 5.32 Å². The highest BCUT2D eigenvalue weighted by molar-refractivity contribution is 6.17. The number of carbonyl (C=O) groups excluding carboxylic acids is 1. The summed E-state index contributed by atoms with van der Waals surface area (Å²) in [6.07, 6.45) is -4.53. The van der Waals surface area contributed by atoms with Crippen molar-refractivity contribution in [2.24, 2.45) is 0 Å². The molecule has 8 heteroatoms. The van der Waals surface area contributed by atoms with Gasteiger partial charge in [-0.3, -0.25) is 4.79 Å². The summed E-state index contributed by atoms with van der Waals surface area (Å²) < 4.78 is 10.5. The van der Waals surface area contributed by atoms with Crippen LogP contribution < -0.4 is 5.32 Å². The molecule has 5 atom stereocenters. The standard InChI is InChI=1S/C10H18ClNO6/c1-5(14)12-7-9(16)8(15)6(4-13)18-10(7)17-3-2-11/h6-10,13,15-16H,2-4H2,1H3,(H,12,14)/t6-,7-,8+,9-,10-/m0/s1. The molecule has 18 heavy (non-hydrogen) atoms. The van der Waals surface area contributed by atoms with Gasteiger partial charge in [0.2, 0.25) is 5.91 Å². The van der Waals surface area contributed by atoms with E-state index in [1.807, 2.05) is 0 Å². The summed E-state index contributed by atoms with van der Waals surface area (Å²) >= 11 is 5.48. The minimum atomic E-state index is -1.30. The largest absolute Gasteiger partial charge is 0.394 e. The molecule has 1 heterocycles. The Bertz CT molecular complexity index is 279. The van der Waals surface area contributed by atoms with E-state index in [2.05, 4.69) is 5.32 Å². The van der Waals surface area contributed by atoms with E-state index in [4.69, 9.17) is 26.2 Å². The number of alkyl halides is 1. The zero-order valence-corrected chi connectivity index (χ0v) is 10.7. The molecule has 0 saturated carbocycles. The van der Waals surface area contributed by atoms with Gasteiger partial charge in [0.25, 0.3) is 0 Å². The first-order valence-corrected chi connectivity index (χ1v) is 6.11. The van der Waals surface area contributed by atoms with Crippen molar-refractivity contribution < 1.29 is 29.6 Å². The van der Waals surface area contributed by atoms with Crippen molar-refractivity contribution in [3.8, 4) is 0 Å². The molecule has 0 aromatic carbocycles. The fourth-order valence-electron chi connectivity index (χ4n) is 1.77. The molecule has 4 N–H and O–H groups in total. The molecule has 0 aromatic heterocycles. The fourth-order valence-corrected chi connectivity index (χ4v) is 1.86. The third-order valence-corrected chi connectivity index (χ3v) is 2.76. The molecule has 1 fully saturated rings. The van der Waals surface area contributed by atoms with E-state index in [0.717, 1.165) is 0 Å². The number of amides is 1. The predicted octanol–water partition coefficient (Wildman–Crippen LogP) is -1.81. The molecule has 0 aromatic rings. The normalized spacial score (nSPS) is 36.4. The smallest absolute Gasteiger partial charge is 0.217 e. The van der Waals surface area contributed by atoms with E-state index >= 15 is 0 Å². The third-order valence-electron chi connectivity index (χ3n) is 2.61. The zero-order valence-electron chi connectivity index (χ0n) is 9.95. The number of carbonyl (C=O) groups is 1. The highest BCUT2D eigenvalue weighted by Crippen LogP contribution is 2.22. The molecule has 0 spiro atoms. The van der Waals surface area contributed by atoms with Crippen LogP contribution in [0.25, 0.3) is 0 Å². The van der Waals surface area contributed by atoms with Crippen molar-refractivity contribution in [2.75, 3.05) is 19.1 Å². The summed E-state index contributed by atoms with van der Waals surface area (Å²) in [5.74, 6) is -0.175. The van der Waals surface area contributed by atoms with Gasteiger partial charge >= 0.3 is 0 Å². The van der Waals surface area contributed by atoms with Gasteiger partial charge in [0.1, 0.15) is 24.4 Å². The van der Waals surface area contributed by atoms with E-state index < -0.39 is 43.2 Å². The molecular weight excluding hydrogens is 266 g/mol. The molecule has 1 aliphatic heterocycles. The van der Waals surface area contributed by atoms with Gasteiger partial charge in [0.15, 0.2) is 6.29 Å². The first kappa shape index (κ1) is 15.6. The third kappa shape index (κ3) is 3.78. The van der Waals surface area contributed by atoms with Gasteiger partial charge in [-0.2, -0.15) is 0 Å². The van der Waals surface area contributed by atoms with E-state index in [1.165, 1.54) is 6.92 Å². The summed E-state index contributed by atoms with van der Waals surface area (Å²) in [5, 5.41) is 31.1. The van der Waals surface area contributed by atoms with Crippen LogP contribution >= 0.6 is 11.6 Å². The van der Waals surface area contributed by atoms with E-state index in [0.29, 0.717) is 0 Å². The Hall–Kier alpha value is -0.440. The minimum absolute atomic E-state index is 0.156. The van der Waals surface area contributed by atoms with Crippen molar-refractivity contribution in [2.45, 2.75) is 37.6 Å². The molecule has 106 valence electrons. The lowest BCUT2D eigenvalue weighted by molar-refractivity contribution is -0.268. The van der Waals surface area contributed by atoms with Gasteiger partial charge in [-0.25, -0.2) is 0 Å². The number of halogens is 1. The van der Waals surface area contributed by atoms with Crippen molar-refractivity contribution in [3.63, 3.8) is 0 Å². The first-order chi connectivity index (χ1) is 8.51. The van der Waals surface area contributed by atoms with Crippen LogP contribution in [-0.2, 0) is 14.3 Å². The second kappa shape index (κ2) is 7.22. The number of ether oxygens (including phenoxy) is 2. The summed E-state index contributed by atoms with van der Waals surface area (Å²) in [7, 11) is 0. The van der Waals surface area contributed by atoms with Crippen LogP contribution in [0, 0.1) is 0 Å². The van der Waals surface area contributed by atoms with Crippen LogP contribution in [0.1, 0.15) is 6.92 Å². The van der Waals surface area contributed by atoms with Crippen molar-refractivity contribution in [3.05, 3.63) is 0 Å². The van der Waals surface area contributed by atoms with Crippen molar-refractivity contribution >= 4 is 17.5 Å². The van der Waals surface area contributed by atoms with Crippen LogP contribution in [0.5, 0.6) is 0 Å². The maximum atomic E-state index is 11.0. The van der Waals surface area contributed by atoms with Crippen LogP contribution in [-0.4, -0.2) is 71.0 Å². The Morgan fingerprint density at radius 1 is 1.44 bits per heavy atom. The molecule has 0 aliphatic carbocycles. The Labute approximate surface area is 110 Å². The molecule has 7 nitrogen and oxygen atoms in total.